The quantitative estimate of drug-likeness (QED) is 0.277. The van der Waals surface area contributed by atoms with E-state index < -0.39 is 12.9 Å². The summed E-state index contributed by atoms with van der Waals surface area (Å²) < 4.78 is 28.7. The number of hydrogen-bond acceptors (Lipinski definition) is 4. The maximum atomic E-state index is 13.4. The second kappa shape index (κ2) is 13.5. The van der Waals surface area contributed by atoms with E-state index in [9.17, 15) is 8.78 Å². The molecule has 2 aromatic heterocycles. The van der Waals surface area contributed by atoms with Crippen molar-refractivity contribution in [2.75, 3.05) is 0 Å². The molecule has 0 unspecified atom stereocenters. The molecule has 32 heavy (non-hydrogen) atoms. The van der Waals surface area contributed by atoms with E-state index in [1.807, 2.05) is 12.1 Å². The fourth-order valence-corrected chi connectivity index (χ4v) is 3.73. The van der Waals surface area contributed by atoms with Crippen LogP contribution in [-0.2, 0) is 0 Å². The standard InChI is InChI=1S/C11H7BrFN.C6H6BFO2.C5H3Br2N/c12-9-5-8(6-14-7-9)10-3-1-2-4-11(10)13;8-6-4-2-1-3-5(6)7(9)10;6-4-1-5(7)3-8-2-4/h1-7H;1-4,9-10H;1-3H. The largest absolute Gasteiger partial charge is 0.491 e. The lowest BCUT2D eigenvalue weighted by Gasteiger charge is -2.02. The van der Waals surface area contributed by atoms with Crippen molar-refractivity contribution in [2.24, 2.45) is 0 Å². The van der Waals surface area contributed by atoms with Crippen LogP contribution in [-0.4, -0.2) is 27.1 Å². The highest BCUT2D eigenvalue weighted by Crippen LogP contribution is 2.23. The summed E-state index contributed by atoms with van der Waals surface area (Å²) in [6.07, 6.45) is 6.79. The summed E-state index contributed by atoms with van der Waals surface area (Å²) in [5.74, 6) is -0.829. The summed E-state index contributed by atoms with van der Waals surface area (Å²) >= 11 is 9.84. The second-order valence-corrected chi connectivity index (χ2v) is 8.84. The predicted molar refractivity (Wildman–Crippen MR) is 133 cm³/mol. The van der Waals surface area contributed by atoms with Gasteiger partial charge in [0.05, 0.1) is 0 Å². The monoisotopic (exact) mass is 626 g/mol. The van der Waals surface area contributed by atoms with Gasteiger partial charge in [-0.1, -0.05) is 36.4 Å². The minimum Gasteiger partial charge on any atom is -0.423 e. The average molecular weight is 629 g/mol. The highest BCUT2D eigenvalue weighted by Gasteiger charge is 2.14. The van der Waals surface area contributed by atoms with Crippen molar-refractivity contribution in [3.8, 4) is 11.1 Å². The molecule has 2 aromatic carbocycles. The van der Waals surface area contributed by atoms with Crippen molar-refractivity contribution < 1.29 is 18.8 Å². The molecule has 0 bridgehead atoms. The smallest absolute Gasteiger partial charge is 0.423 e. The van der Waals surface area contributed by atoms with E-state index in [1.165, 1.54) is 30.3 Å². The third-order valence-electron chi connectivity index (χ3n) is 3.74. The first-order chi connectivity index (χ1) is 15.3. The Bertz CT molecular complexity index is 1140. The SMILES string of the molecule is Brc1cncc(Br)c1.Fc1ccccc1-c1cncc(Br)c1.OB(O)c1ccccc1F. The Hall–Kier alpha value is -1.98. The zero-order valence-corrected chi connectivity index (χ0v) is 21.1. The predicted octanol–water partition coefficient (Wildman–Crippen LogP) is 5.76. The Morgan fingerprint density at radius 1 is 0.656 bits per heavy atom. The summed E-state index contributed by atoms with van der Waals surface area (Å²) in [5, 5.41) is 17.0. The first-order valence-corrected chi connectivity index (χ1v) is 11.4. The van der Waals surface area contributed by atoms with Crippen molar-refractivity contribution in [3.63, 3.8) is 0 Å². The Kier molecular flexibility index (Phi) is 11.1. The number of benzene rings is 2. The van der Waals surface area contributed by atoms with E-state index in [2.05, 4.69) is 57.8 Å². The van der Waals surface area contributed by atoms with Gasteiger partial charge in [-0.05, 0) is 72.1 Å². The third kappa shape index (κ3) is 8.87. The summed E-state index contributed by atoms with van der Waals surface area (Å²) in [5.41, 5.74) is 1.25. The van der Waals surface area contributed by atoms with Gasteiger partial charge >= 0.3 is 7.12 Å². The van der Waals surface area contributed by atoms with Gasteiger partial charge in [-0.2, -0.15) is 0 Å². The van der Waals surface area contributed by atoms with Gasteiger partial charge < -0.3 is 10.0 Å². The zero-order chi connectivity index (χ0) is 23.5. The number of pyridine rings is 2. The molecule has 0 atom stereocenters. The van der Waals surface area contributed by atoms with Crippen molar-refractivity contribution in [1.82, 2.24) is 9.97 Å². The molecule has 0 fully saturated rings. The number of rotatable bonds is 2. The van der Waals surface area contributed by atoms with E-state index >= 15 is 0 Å². The van der Waals surface area contributed by atoms with Crippen molar-refractivity contribution in [3.05, 3.63) is 111 Å². The van der Waals surface area contributed by atoms with Gasteiger partial charge in [-0.3, -0.25) is 9.97 Å². The molecule has 0 aliphatic carbocycles. The number of aromatic nitrogens is 2. The average Bonchev–Trinajstić information content (AvgIpc) is 2.75. The summed E-state index contributed by atoms with van der Waals surface area (Å²) in [7, 11) is -1.72. The lowest BCUT2D eigenvalue weighted by molar-refractivity contribution is 0.423. The van der Waals surface area contributed by atoms with Crippen LogP contribution in [0.25, 0.3) is 11.1 Å². The van der Waals surface area contributed by atoms with Crippen LogP contribution in [0.15, 0.2) is 98.9 Å². The second-order valence-electron chi connectivity index (χ2n) is 6.09. The van der Waals surface area contributed by atoms with Gasteiger partial charge in [0.1, 0.15) is 11.6 Å². The van der Waals surface area contributed by atoms with Gasteiger partial charge in [-0.25, -0.2) is 8.78 Å². The molecule has 2 heterocycles. The Morgan fingerprint density at radius 2 is 1.16 bits per heavy atom. The van der Waals surface area contributed by atoms with E-state index in [-0.39, 0.29) is 11.3 Å². The molecule has 0 amide bonds. The summed E-state index contributed by atoms with van der Waals surface area (Å²) in [6, 6.07) is 15.9. The molecular formula is C22H16BBr3F2N2O2. The molecule has 0 spiro atoms. The van der Waals surface area contributed by atoms with Gasteiger partial charge in [-0.15, -0.1) is 0 Å². The van der Waals surface area contributed by atoms with E-state index in [0.29, 0.717) is 5.56 Å². The molecule has 0 aliphatic rings. The molecule has 164 valence electrons. The van der Waals surface area contributed by atoms with Gasteiger partial charge in [0, 0.05) is 54.8 Å². The third-order valence-corrected chi connectivity index (χ3v) is 5.05. The van der Waals surface area contributed by atoms with Gasteiger partial charge in [0.2, 0.25) is 0 Å². The minimum atomic E-state index is -1.72. The van der Waals surface area contributed by atoms with Gasteiger partial charge in [0.25, 0.3) is 0 Å². The molecular weight excluding hydrogens is 613 g/mol. The van der Waals surface area contributed by atoms with Crippen LogP contribution in [0.2, 0.25) is 0 Å². The first kappa shape index (κ1) is 26.3. The van der Waals surface area contributed by atoms with E-state index in [0.717, 1.165) is 19.0 Å². The summed E-state index contributed by atoms with van der Waals surface area (Å²) in [4.78, 5) is 7.88. The van der Waals surface area contributed by atoms with Crippen LogP contribution in [0, 0.1) is 11.6 Å². The molecule has 4 rings (SSSR count). The van der Waals surface area contributed by atoms with Crippen LogP contribution in [0.5, 0.6) is 0 Å². The highest BCUT2D eigenvalue weighted by atomic mass is 79.9. The summed E-state index contributed by atoms with van der Waals surface area (Å²) in [6.45, 7) is 0. The molecule has 0 radical (unpaired) electrons. The highest BCUT2D eigenvalue weighted by molar-refractivity contribution is 9.11. The molecule has 4 nitrogen and oxygen atoms in total. The lowest BCUT2D eigenvalue weighted by atomic mass is 9.80. The van der Waals surface area contributed by atoms with Gasteiger partial charge in [0.15, 0.2) is 0 Å². The van der Waals surface area contributed by atoms with Crippen LogP contribution in [0.4, 0.5) is 8.78 Å². The molecule has 10 heteroatoms. The van der Waals surface area contributed by atoms with E-state index in [1.54, 1.807) is 43.0 Å². The topological polar surface area (TPSA) is 66.2 Å². The number of halogens is 5. The Labute approximate surface area is 209 Å². The normalized spacial score (nSPS) is 9.72. The number of nitrogens with zero attached hydrogens (tertiary/aromatic N) is 2. The van der Waals surface area contributed by atoms with Crippen molar-refractivity contribution >= 4 is 60.4 Å². The Morgan fingerprint density at radius 3 is 1.59 bits per heavy atom. The van der Waals surface area contributed by atoms with Crippen LogP contribution < -0.4 is 5.46 Å². The first-order valence-electron chi connectivity index (χ1n) is 9.00. The van der Waals surface area contributed by atoms with Crippen LogP contribution in [0.3, 0.4) is 0 Å². The zero-order valence-electron chi connectivity index (χ0n) is 16.3. The van der Waals surface area contributed by atoms with Crippen molar-refractivity contribution in [2.45, 2.75) is 0 Å². The maximum Gasteiger partial charge on any atom is 0.491 e. The molecule has 2 N–H and O–H groups in total. The molecule has 0 saturated carbocycles. The molecule has 4 aromatic rings. The molecule has 0 saturated heterocycles. The van der Waals surface area contributed by atoms with Crippen molar-refractivity contribution in [1.29, 1.82) is 0 Å². The lowest BCUT2D eigenvalue weighted by Crippen LogP contribution is -2.32. The van der Waals surface area contributed by atoms with Crippen LogP contribution >= 0.6 is 47.8 Å². The Balaban J connectivity index is 0.000000178. The fourth-order valence-electron chi connectivity index (χ4n) is 2.32. The fraction of sp³-hybridized carbons (Fsp3) is 0. The number of hydrogen-bond donors (Lipinski definition) is 2. The maximum absolute atomic E-state index is 13.4. The van der Waals surface area contributed by atoms with Crippen LogP contribution in [0.1, 0.15) is 0 Å². The van der Waals surface area contributed by atoms with E-state index in [4.69, 9.17) is 10.0 Å². The molecule has 0 aliphatic heterocycles. The minimum absolute atomic E-state index is 0.0949.